The molecule has 43 heavy (non-hydrogen) atoms. The highest BCUT2D eigenvalue weighted by Crippen LogP contribution is 2.31. The first-order chi connectivity index (χ1) is 20.5. The van der Waals surface area contributed by atoms with E-state index in [2.05, 4.69) is 20.2 Å². The number of sulfonamides is 1. The van der Waals surface area contributed by atoms with Crippen LogP contribution < -0.4 is 15.6 Å². The van der Waals surface area contributed by atoms with Crippen molar-refractivity contribution in [3.63, 3.8) is 0 Å². The zero-order valence-corrected chi connectivity index (χ0v) is 24.4. The number of esters is 1. The van der Waals surface area contributed by atoms with Gasteiger partial charge in [-0.05, 0) is 60.3 Å². The van der Waals surface area contributed by atoms with Gasteiger partial charge in [0.2, 0.25) is 0 Å². The molecule has 0 aliphatic carbocycles. The molecule has 0 aliphatic rings. The van der Waals surface area contributed by atoms with Gasteiger partial charge in [-0.2, -0.15) is 0 Å². The van der Waals surface area contributed by atoms with Crippen LogP contribution in [0.1, 0.15) is 17.4 Å². The number of aromatic nitrogens is 3. The minimum absolute atomic E-state index is 0.00184. The van der Waals surface area contributed by atoms with Crippen LogP contribution in [-0.2, 0) is 26.6 Å². The molecule has 5 rings (SSSR count). The zero-order chi connectivity index (χ0) is 30.7. The van der Waals surface area contributed by atoms with Crippen LogP contribution in [0.2, 0.25) is 5.15 Å². The number of nitrogens with one attached hydrogen (secondary N) is 2. The van der Waals surface area contributed by atoms with Crippen molar-refractivity contribution in [1.82, 2.24) is 14.8 Å². The molecule has 11 nitrogen and oxygen atoms in total. The summed E-state index contributed by atoms with van der Waals surface area (Å²) in [5, 5.41) is 11.0. The van der Waals surface area contributed by atoms with Gasteiger partial charge in [0.1, 0.15) is 5.69 Å². The summed E-state index contributed by atoms with van der Waals surface area (Å²) in [6.07, 6.45) is -1.26. The number of rotatable bonds is 8. The van der Waals surface area contributed by atoms with E-state index in [0.717, 1.165) is 0 Å². The first-order valence-electron chi connectivity index (χ1n) is 12.9. The molecule has 0 fully saturated rings. The number of carbonyl (C=O) groups excluding carboxylic acids is 2. The van der Waals surface area contributed by atoms with Crippen molar-refractivity contribution in [1.29, 1.82) is 0 Å². The van der Waals surface area contributed by atoms with Gasteiger partial charge in [0.15, 0.2) is 17.1 Å². The fourth-order valence-electron chi connectivity index (χ4n) is 4.40. The molecule has 1 unspecified atom stereocenters. The van der Waals surface area contributed by atoms with Crippen LogP contribution in [0.4, 0.5) is 11.5 Å². The summed E-state index contributed by atoms with van der Waals surface area (Å²) in [6, 6.07) is 24.2. The first-order valence-corrected chi connectivity index (χ1v) is 14.7. The van der Waals surface area contributed by atoms with Crippen LogP contribution in [0.25, 0.3) is 21.9 Å². The lowest BCUT2D eigenvalue weighted by atomic mass is 9.97. The molecule has 0 radical (unpaired) electrons. The summed E-state index contributed by atoms with van der Waals surface area (Å²) >= 11 is 5.68. The summed E-state index contributed by atoms with van der Waals surface area (Å²) in [7, 11) is -2.51. The maximum absolute atomic E-state index is 13.5. The van der Waals surface area contributed by atoms with E-state index in [1.165, 1.54) is 54.9 Å². The molecule has 0 spiro atoms. The smallest absolute Gasteiger partial charge is 0.356 e. The van der Waals surface area contributed by atoms with E-state index >= 15 is 0 Å². The molecule has 5 aromatic rings. The number of amides is 1. The molecule has 218 valence electrons. The molecule has 0 aliphatic heterocycles. The van der Waals surface area contributed by atoms with Crippen molar-refractivity contribution in [2.75, 3.05) is 10.0 Å². The van der Waals surface area contributed by atoms with E-state index < -0.39 is 28.0 Å². The minimum atomic E-state index is -3.99. The van der Waals surface area contributed by atoms with Crippen LogP contribution >= 0.6 is 11.6 Å². The molecule has 0 saturated carbocycles. The molecular formula is C30H24ClN5O6S. The number of hydrogen-bond donors (Lipinski definition) is 2. The first kappa shape index (κ1) is 29.4. The highest BCUT2D eigenvalue weighted by atomic mass is 35.5. The number of fused-ring (bicyclic) bond motifs is 1. The number of halogens is 1. The summed E-state index contributed by atoms with van der Waals surface area (Å²) < 4.78 is 34.4. The highest BCUT2D eigenvalue weighted by molar-refractivity contribution is 7.92. The van der Waals surface area contributed by atoms with Gasteiger partial charge in [0, 0.05) is 23.7 Å². The Hall–Kier alpha value is -5.07. The van der Waals surface area contributed by atoms with Crippen LogP contribution in [-0.4, -0.2) is 41.2 Å². The number of pyridine rings is 1. The molecule has 3 aromatic carbocycles. The number of carbonyl (C=O) groups is 2. The molecular weight excluding hydrogens is 594 g/mol. The van der Waals surface area contributed by atoms with Crippen molar-refractivity contribution in [2.45, 2.75) is 17.9 Å². The number of anilines is 2. The standard InChI is InChI=1S/C30H24ClN5O6S/c1-18(28(37)32-20-12-14-21(15-13-20)43(40,41)35-25-17-16-24(31)33-34-25)42-30(39)27-26(19-8-4-3-5-9-19)22-10-6-7-11-23(22)29(38)36(27)2/h3-18H,1-2H3,(H,32,37)(H,34,35). The Morgan fingerprint density at radius 3 is 2.19 bits per heavy atom. The Labute approximate surface area is 251 Å². The Morgan fingerprint density at radius 1 is 0.884 bits per heavy atom. The van der Waals surface area contributed by atoms with Crippen LogP contribution in [0.5, 0.6) is 0 Å². The van der Waals surface area contributed by atoms with Crippen molar-refractivity contribution in [2.24, 2.45) is 7.05 Å². The Bertz CT molecular complexity index is 2000. The maximum Gasteiger partial charge on any atom is 0.356 e. The molecule has 1 atom stereocenters. The molecule has 1 amide bonds. The molecule has 0 saturated heterocycles. The van der Waals surface area contributed by atoms with Crippen LogP contribution in [0.3, 0.4) is 0 Å². The zero-order valence-electron chi connectivity index (χ0n) is 22.8. The van der Waals surface area contributed by atoms with Crippen molar-refractivity contribution >= 4 is 55.8 Å². The Morgan fingerprint density at radius 2 is 1.53 bits per heavy atom. The predicted molar refractivity (Wildman–Crippen MR) is 162 cm³/mol. The van der Waals surface area contributed by atoms with Gasteiger partial charge in [-0.3, -0.25) is 14.3 Å². The molecule has 2 N–H and O–H groups in total. The number of ether oxygens (including phenoxy) is 1. The maximum atomic E-state index is 13.5. The predicted octanol–water partition coefficient (Wildman–Crippen LogP) is 4.63. The third-order valence-corrected chi connectivity index (χ3v) is 8.09. The summed E-state index contributed by atoms with van der Waals surface area (Å²) in [5.74, 6) is -1.54. The molecule has 2 aromatic heterocycles. The topological polar surface area (TPSA) is 149 Å². The molecule has 2 heterocycles. The molecule has 0 bridgehead atoms. The average molecular weight is 618 g/mol. The number of hydrogen-bond acceptors (Lipinski definition) is 8. The van der Waals surface area contributed by atoms with Gasteiger partial charge in [0.05, 0.1) is 4.90 Å². The monoisotopic (exact) mass is 617 g/mol. The van der Waals surface area contributed by atoms with Gasteiger partial charge < -0.3 is 14.6 Å². The molecule has 13 heteroatoms. The van der Waals surface area contributed by atoms with Crippen molar-refractivity contribution in [3.8, 4) is 11.1 Å². The quantitative estimate of drug-likeness (QED) is 0.239. The lowest BCUT2D eigenvalue weighted by molar-refractivity contribution is -0.123. The summed E-state index contributed by atoms with van der Waals surface area (Å²) in [5.41, 5.74) is 1.09. The van der Waals surface area contributed by atoms with Crippen molar-refractivity contribution < 1.29 is 22.7 Å². The van der Waals surface area contributed by atoms with E-state index in [1.807, 2.05) is 30.3 Å². The normalized spacial score (nSPS) is 12.0. The van der Waals surface area contributed by atoms with Gasteiger partial charge in [-0.1, -0.05) is 60.1 Å². The third-order valence-electron chi connectivity index (χ3n) is 6.52. The van der Waals surface area contributed by atoms with E-state index in [0.29, 0.717) is 21.9 Å². The number of benzene rings is 3. The van der Waals surface area contributed by atoms with E-state index in [9.17, 15) is 22.8 Å². The number of nitrogens with zero attached hydrogens (tertiary/aromatic N) is 3. The second-order valence-electron chi connectivity index (χ2n) is 9.41. The van der Waals surface area contributed by atoms with Gasteiger partial charge in [-0.15, -0.1) is 10.2 Å². The fraction of sp³-hybridized carbons (Fsp3) is 0.100. The largest absolute Gasteiger partial charge is 0.448 e. The van der Waals surface area contributed by atoms with Crippen LogP contribution in [0, 0.1) is 0 Å². The van der Waals surface area contributed by atoms with E-state index in [-0.39, 0.29) is 32.8 Å². The third kappa shape index (κ3) is 6.25. The lowest BCUT2D eigenvalue weighted by Gasteiger charge is -2.19. The highest BCUT2D eigenvalue weighted by Gasteiger charge is 2.26. The second kappa shape index (κ2) is 12.0. The summed E-state index contributed by atoms with van der Waals surface area (Å²) in [4.78, 5) is 39.5. The SMILES string of the molecule is CC(OC(=O)c1c(-c2ccccc2)c2ccccc2c(=O)n1C)C(=O)Nc1ccc(S(=O)(=O)Nc2ccc(Cl)nn2)cc1. The Balaban J connectivity index is 1.34. The lowest BCUT2D eigenvalue weighted by Crippen LogP contribution is -2.33. The van der Waals surface area contributed by atoms with E-state index in [1.54, 1.807) is 24.3 Å². The van der Waals surface area contributed by atoms with Gasteiger partial charge in [0.25, 0.3) is 21.5 Å². The second-order valence-corrected chi connectivity index (χ2v) is 11.5. The van der Waals surface area contributed by atoms with Crippen molar-refractivity contribution in [3.05, 3.63) is 112 Å². The van der Waals surface area contributed by atoms with Crippen LogP contribution in [0.15, 0.2) is 101 Å². The van der Waals surface area contributed by atoms with E-state index in [4.69, 9.17) is 16.3 Å². The van der Waals surface area contributed by atoms with Gasteiger partial charge >= 0.3 is 5.97 Å². The summed E-state index contributed by atoms with van der Waals surface area (Å²) in [6.45, 7) is 1.39. The van der Waals surface area contributed by atoms with Gasteiger partial charge in [-0.25, -0.2) is 13.2 Å². The average Bonchev–Trinajstić information content (AvgIpc) is 3.00. The minimum Gasteiger partial charge on any atom is -0.448 e. The Kier molecular flexibility index (Phi) is 8.24. The fourth-order valence-corrected chi connectivity index (χ4v) is 5.50.